The lowest BCUT2D eigenvalue weighted by molar-refractivity contribution is 0.619. The Bertz CT molecular complexity index is 8560. The minimum Gasteiger partial charge on any atom is -0.436 e. The van der Waals surface area contributed by atoms with E-state index < -0.39 is 0 Å². The van der Waals surface area contributed by atoms with Crippen molar-refractivity contribution in [2.45, 2.75) is 0 Å². The van der Waals surface area contributed by atoms with Gasteiger partial charge in [0.25, 0.3) is 0 Å². The summed E-state index contributed by atoms with van der Waals surface area (Å²) in [5, 5.41) is 26.6. The number of hydrogen-bond donors (Lipinski definition) is 0. The SMILES string of the molecule is c1cc(-c2ccc3c4ccc(-c5cccc(-c6nc7ccccc7o6)c5)cc4c4ccccc4c3c2)cc(-c2nc3ccccc3o2)c1.c1ccc(-c2nc(-c3ccc4ccccc4c3)nc(-c3ccc4c5ccccc5c5ccccc5c4c3)n2)cc1.c1cnc2c(c1)ccc1ccc(-c3ncnc(-c4ccc5c6ccccc6c6ccccc6c5c4)n3)nc12. The van der Waals surface area contributed by atoms with Crippen LogP contribution in [0.5, 0.6) is 0 Å². The van der Waals surface area contributed by atoms with Crippen molar-refractivity contribution in [3.8, 4) is 102 Å². The Balaban J connectivity index is 0.000000107. The second-order valence-corrected chi connectivity index (χ2v) is 31.7. The van der Waals surface area contributed by atoms with E-state index in [0.717, 1.165) is 105 Å². The van der Waals surface area contributed by atoms with E-state index in [9.17, 15) is 0 Å². The third-order valence-corrected chi connectivity index (χ3v) is 24.2. The van der Waals surface area contributed by atoms with Gasteiger partial charge in [-0.25, -0.2) is 44.9 Å². The van der Waals surface area contributed by atoms with Gasteiger partial charge in [-0.2, -0.15) is 0 Å². The summed E-state index contributed by atoms with van der Waals surface area (Å²) in [6, 6.07) is 139. The van der Waals surface area contributed by atoms with E-state index in [1.54, 1.807) is 12.5 Å². The van der Waals surface area contributed by atoms with E-state index in [-0.39, 0.29) is 0 Å². The van der Waals surface area contributed by atoms with Gasteiger partial charge in [-0.3, -0.25) is 4.98 Å². The molecule has 26 aromatic rings. The highest BCUT2D eigenvalue weighted by Crippen LogP contribution is 2.44. The Kier molecular flexibility index (Phi) is 17.6. The predicted octanol–water partition coefficient (Wildman–Crippen LogP) is 29.3. The third kappa shape index (κ3) is 13.0. The fourth-order valence-electron chi connectivity index (χ4n) is 18.2. The number of pyridine rings is 2. The van der Waals surface area contributed by atoms with E-state index in [2.05, 4.69) is 312 Å². The molecule has 0 amide bonds. The van der Waals surface area contributed by atoms with Crippen molar-refractivity contribution in [3.05, 3.63) is 413 Å². The molecule has 0 fully saturated rings. The summed E-state index contributed by atoms with van der Waals surface area (Å²) in [7, 11) is 0. The van der Waals surface area contributed by atoms with E-state index in [4.69, 9.17) is 43.7 Å². The number of fused-ring (bicyclic) bond motifs is 24. The molecule has 20 aromatic carbocycles. The van der Waals surface area contributed by atoms with Crippen LogP contribution in [0.15, 0.2) is 422 Å². The standard InChI is InChI=1S/C44H26N2O2.C37H23N3.C33H19N5/c1-2-14-34-33(13-1)37-25-29(27-9-7-11-31(23-27)43-45-39-15-3-5-17-41(39)47-43)19-21-35(37)36-22-20-30(26-38(34)36)28-10-8-12-32(24-28)44-46-40-16-4-6-18-42(40)48-44;1-2-11-25(12-3-1)35-38-36(27-19-18-24-10-4-5-13-26(24)22-27)40-37(39-35)28-20-21-33-31-16-7-6-14-29(31)30-15-8-9-17-32(30)34(33)23-28;1-2-9-25-23(7-1)24-8-3-4-10-26(24)28-18-22(13-15-27(25)28)32-35-19-36-33(38-32)29-16-14-21-12-11-20-6-5-17-34-30(20)31(21)37-29/h1-26H;1-23H;1-19H. The maximum Gasteiger partial charge on any atom is 0.227 e. The maximum atomic E-state index is 6.09. The van der Waals surface area contributed by atoms with Crippen molar-refractivity contribution in [1.82, 2.24) is 49.8 Å². The van der Waals surface area contributed by atoms with Gasteiger partial charge in [-0.15, -0.1) is 0 Å². The smallest absolute Gasteiger partial charge is 0.227 e. The normalized spacial score (nSPS) is 11.7. The average Bonchev–Trinajstić information content (AvgIpc) is 0.918. The van der Waals surface area contributed by atoms with Crippen LogP contribution in [0, 0.1) is 0 Å². The van der Waals surface area contributed by atoms with Crippen LogP contribution in [0.1, 0.15) is 0 Å². The molecular formula is C114H68N10O2. The minimum atomic E-state index is 0.535. The molecule has 126 heavy (non-hydrogen) atoms. The van der Waals surface area contributed by atoms with Gasteiger partial charge in [-0.1, -0.05) is 309 Å². The van der Waals surface area contributed by atoms with Crippen LogP contribution in [-0.4, -0.2) is 49.8 Å². The molecule has 586 valence electrons. The summed E-state index contributed by atoms with van der Waals surface area (Å²) in [4.78, 5) is 47.7. The summed E-state index contributed by atoms with van der Waals surface area (Å²) >= 11 is 0. The summed E-state index contributed by atoms with van der Waals surface area (Å²) in [6.07, 6.45) is 3.36. The second kappa shape index (κ2) is 30.5. The molecule has 0 atom stereocenters. The average molecular weight is 1610 g/mol. The molecule has 12 heteroatoms. The fraction of sp³-hybridized carbons (Fsp3) is 0. The number of rotatable bonds is 9. The number of para-hydroxylation sites is 4. The molecule has 0 bridgehead atoms. The zero-order chi connectivity index (χ0) is 83.1. The molecule has 12 nitrogen and oxygen atoms in total. The van der Waals surface area contributed by atoms with E-state index in [1.165, 1.54) is 102 Å². The largest absolute Gasteiger partial charge is 0.436 e. The number of hydrogen-bond acceptors (Lipinski definition) is 12. The van der Waals surface area contributed by atoms with Gasteiger partial charge in [-0.05, 0) is 221 Å². The van der Waals surface area contributed by atoms with Crippen molar-refractivity contribution in [3.63, 3.8) is 0 Å². The minimum absolute atomic E-state index is 0.535. The van der Waals surface area contributed by atoms with Crippen LogP contribution in [-0.2, 0) is 0 Å². The van der Waals surface area contributed by atoms with Crippen molar-refractivity contribution in [1.29, 1.82) is 0 Å². The molecule has 26 rings (SSSR count). The van der Waals surface area contributed by atoms with Crippen molar-refractivity contribution in [2.75, 3.05) is 0 Å². The monoisotopic (exact) mass is 1610 g/mol. The van der Waals surface area contributed by atoms with Crippen LogP contribution < -0.4 is 0 Å². The van der Waals surface area contributed by atoms with Crippen LogP contribution >= 0.6 is 0 Å². The summed E-state index contributed by atoms with van der Waals surface area (Å²) in [6.45, 7) is 0. The fourth-order valence-corrected chi connectivity index (χ4v) is 18.2. The first-order valence-electron chi connectivity index (χ1n) is 42.0. The zero-order valence-corrected chi connectivity index (χ0v) is 67.5. The first-order valence-corrected chi connectivity index (χ1v) is 42.0. The molecule has 0 aliphatic carbocycles. The van der Waals surface area contributed by atoms with Gasteiger partial charge >= 0.3 is 0 Å². The van der Waals surface area contributed by atoms with Gasteiger partial charge in [0.15, 0.2) is 40.3 Å². The molecule has 0 radical (unpaired) electrons. The highest BCUT2D eigenvalue weighted by molar-refractivity contribution is 6.29. The topological polar surface area (TPSA) is 155 Å². The first kappa shape index (κ1) is 72.8. The Morgan fingerprint density at radius 1 is 0.167 bits per heavy atom. The Morgan fingerprint density at radius 3 is 1.00 bits per heavy atom. The van der Waals surface area contributed by atoms with Gasteiger partial charge in [0, 0.05) is 50.4 Å². The molecule has 6 aromatic heterocycles. The lowest BCUT2D eigenvalue weighted by Gasteiger charge is -2.14. The summed E-state index contributed by atoms with van der Waals surface area (Å²) in [5.41, 5.74) is 16.0. The van der Waals surface area contributed by atoms with E-state index in [1.807, 2.05) is 103 Å². The molecule has 0 N–H and O–H groups in total. The first-order chi connectivity index (χ1) is 62.4. The summed E-state index contributed by atoms with van der Waals surface area (Å²) in [5.74, 6) is 4.41. The zero-order valence-electron chi connectivity index (χ0n) is 67.5. The number of aromatic nitrogens is 10. The summed E-state index contributed by atoms with van der Waals surface area (Å²) < 4.78 is 12.2. The van der Waals surface area contributed by atoms with Gasteiger partial charge in [0.2, 0.25) is 11.8 Å². The molecule has 0 saturated carbocycles. The Hall–Kier alpha value is -17.2. The van der Waals surface area contributed by atoms with Crippen molar-refractivity contribution >= 4 is 152 Å². The maximum absolute atomic E-state index is 6.09. The quantitative estimate of drug-likeness (QED) is 0.126. The Morgan fingerprint density at radius 2 is 0.500 bits per heavy atom. The van der Waals surface area contributed by atoms with Crippen molar-refractivity contribution < 1.29 is 8.83 Å². The molecule has 0 aliphatic heterocycles. The molecule has 0 saturated heterocycles. The van der Waals surface area contributed by atoms with Crippen LogP contribution in [0.4, 0.5) is 0 Å². The lowest BCUT2D eigenvalue weighted by atomic mass is 9.90. The molecule has 0 unspecified atom stereocenters. The van der Waals surface area contributed by atoms with Crippen LogP contribution in [0.25, 0.3) is 254 Å². The number of benzene rings is 20. The lowest BCUT2D eigenvalue weighted by Crippen LogP contribution is -2.00. The second-order valence-electron chi connectivity index (χ2n) is 31.7. The highest BCUT2D eigenvalue weighted by atomic mass is 16.4. The number of oxazole rings is 2. The van der Waals surface area contributed by atoms with Crippen LogP contribution in [0.2, 0.25) is 0 Å². The molecule has 0 spiro atoms. The van der Waals surface area contributed by atoms with Gasteiger partial charge < -0.3 is 8.83 Å². The number of nitrogens with zero attached hydrogens (tertiary/aromatic N) is 10. The van der Waals surface area contributed by atoms with E-state index >= 15 is 0 Å². The predicted molar refractivity (Wildman–Crippen MR) is 516 cm³/mol. The molecule has 6 heterocycles. The van der Waals surface area contributed by atoms with Crippen LogP contribution in [0.3, 0.4) is 0 Å². The molecule has 0 aliphatic rings. The van der Waals surface area contributed by atoms with Crippen molar-refractivity contribution in [2.24, 2.45) is 0 Å². The molecular weight excluding hydrogens is 1540 g/mol. The third-order valence-electron chi connectivity index (χ3n) is 24.2. The van der Waals surface area contributed by atoms with Gasteiger partial charge in [0.1, 0.15) is 23.1 Å². The van der Waals surface area contributed by atoms with Gasteiger partial charge in [0.05, 0.1) is 11.0 Å². The Labute approximate surface area is 720 Å². The highest BCUT2D eigenvalue weighted by Gasteiger charge is 2.21. The van der Waals surface area contributed by atoms with E-state index in [0.29, 0.717) is 46.6 Å².